The highest BCUT2D eigenvalue weighted by atomic mass is 16.6. The molecule has 6 heteroatoms. The molecule has 2 atom stereocenters. The molecule has 0 aliphatic carbocycles. The van der Waals surface area contributed by atoms with Gasteiger partial charge in [0.15, 0.2) is 6.10 Å². The second-order valence-electron chi connectivity index (χ2n) is 17.7. The Labute approximate surface area is 355 Å². The molecule has 338 valence electrons. The van der Waals surface area contributed by atoms with E-state index >= 15 is 0 Å². The Hall–Kier alpha value is -1.59. The summed E-state index contributed by atoms with van der Waals surface area (Å²) in [5.74, 6) is 0.0537. The fourth-order valence-electron chi connectivity index (χ4n) is 7.66. The van der Waals surface area contributed by atoms with Crippen LogP contribution in [0.4, 0.5) is 0 Å². The predicted octanol–water partition coefficient (Wildman–Crippen LogP) is 16.3. The Kier molecular flexibility index (Phi) is 44.2. The lowest BCUT2D eigenvalue weighted by Crippen LogP contribution is -2.30. The molecule has 0 aromatic heterocycles. The average molecular weight is 807 g/mol. The van der Waals surface area contributed by atoms with Gasteiger partial charge in [0.05, 0.1) is 0 Å². The molecule has 0 amide bonds. The van der Waals surface area contributed by atoms with Crippen molar-refractivity contribution in [1.82, 2.24) is 0 Å². The van der Waals surface area contributed by atoms with Crippen molar-refractivity contribution >= 4 is 17.9 Å². The molecule has 0 aromatic carbocycles. The van der Waals surface area contributed by atoms with E-state index in [-0.39, 0.29) is 31.1 Å². The Morgan fingerprint density at radius 3 is 0.912 bits per heavy atom. The SMILES string of the molecule is CCCCCCCCCCCCC(=O)OC[C@@H](COC(=O)CCCCCCCCC)OC(=O)CCCCCCCCCCCCCCCCCCCCC(C)CC. The lowest BCUT2D eigenvalue weighted by Gasteiger charge is -2.18. The minimum absolute atomic E-state index is 0.0636. The van der Waals surface area contributed by atoms with Gasteiger partial charge in [-0.2, -0.15) is 0 Å². The first kappa shape index (κ1) is 55.4. The molecule has 6 nitrogen and oxygen atoms in total. The van der Waals surface area contributed by atoms with Crippen LogP contribution in [0, 0.1) is 5.92 Å². The normalized spacial score (nSPS) is 12.4. The van der Waals surface area contributed by atoms with Crippen molar-refractivity contribution in [3.63, 3.8) is 0 Å². The van der Waals surface area contributed by atoms with E-state index in [2.05, 4.69) is 27.7 Å². The molecule has 0 aliphatic rings. The van der Waals surface area contributed by atoms with Crippen LogP contribution >= 0.6 is 0 Å². The van der Waals surface area contributed by atoms with Crippen LogP contribution in [0.2, 0.25) is 0 Å². The van der Waals surface area contributed by atoms with Crippen LogP contribution < -0.4 is 0 Å². The molecule has 0 aromatic rings. The van der Waals surface area contributed by atoms with E-state index in [1.165, 1.54) is 180 Å². The maximum atomic E-state index is 12.7. The van der Waals surface area contributed by atoms with Gasteiger partial charge < -0.3 is 14.2 Å². The quantitative estimate of drug-likeness (QED) is 0.0346. The van der Waals surface area contributed by atoms with Gasteiger partial charge in [-0.15, -0.1) is 0 Å². The molecule has 0 radical (unpaired) electrons. The largest absolute Gasteiger partial charge is 0.462 e. The number of hydrogen-bond donors (Lipinski definition) is 0. The Balaban J connectivity index is 4.11. The van der Waals surface area contributed by atoms with Gasteiger partial charge in [0.2, 0.25) is 0 Å². The first-order valence-electron chi connectivity index (χ1n) is 25.4. The number of esters is 3. The van der Waals surface area contributed by atoms with E-state index in [4.69, 9.17) is 14.2 Å². The standard InChI is InChI=1S/C51H98O6/c1-5-8-10-12-14-15-27-31-35-39-43-50(53)56-46-48(45-55-49(52)42-38-34-29-13-11-9-6-2)57-51(54)44-40-36-32-28-25-23-21-19-17-16-18-20-22-24-26-30-33-37-41-47(4)7-3/h47-48H,5-46H2,1-4H3/t47?,48-/m1/s1. The summed E-state index contributed by atoms with van der Waals surface area (Å²) in [7, 11) is 0. The molecular formula is C51H98O6. The van der Waals surface area contributed by atoms with Crippen molar-refractivity contribution in [2.24, 2.45) is 5.92 Å². The number of ether oxygens (including phenoxy) is 3. The summed E-state index contributed by atoms with van der Waals surface area (Å²) in [5.41, 5.74) is 0. The van der Waals surface area contributed by atoms with E-state index in [1.54, 1.807) is 0 Å². The molecule has 0 rings (SSSR count). The van der Waals surface area contributed by atoms with Gasteiger partial charge in [-0.1, -0.05) is 246 Å². The minimum Gasteiger partial charge on any atom is -0.462 e. The van der Waals surface area contributed by atoms with E-state index in [0.29, 0.717) is 19.3 Å². The third-order valence-corrected chi connectivity index (χ3v) is 11.9. The van der Waals surface area contributed by atoms with Crippen molar-refractivity contribution in [2.75, 3.05) is 13.2 Å². The summed E-state index contributed by atoms with van der Waals surface area (Å²) in [6.07, 6.45) is 46.7. The maximum Gasteiger partial charge on any atom is 0.306 e. The molecule has 0 saturated heterocycles. The molecular weight excluding hydrogens is 709 g/mol. The predicted molar refractivity (Wildman–Crippen MR) is 243 cm³/mol. The number of carbonyl (C=O) groups excluding carboxylic acids is 3. The Morgan fingerprint density at radius 2 is 0.614 bits per heavy atom. The van der Waals surface area contributed by atoms with Crippen molar-refractivity contribution in [3.05, 3.63) is 0 Å². The van der Waals surface area contributed by atoms with Gasteiger partial charge >= 0.3 is 17.9 Å². The van der Waals surface area contributed by atoms with Crippen LogP contribution in [-0.2, 0) is 28.6 Å². The van der Waals surface area contributed by atoms with E-state index in [1.807, 2.05) is 0 Å². The minimum atomic E-state index is -0.758. The van der Waals surface area contributed by atoms with Crippen LogP contribution in [0.3, 0.4) is 0 Å². The lowest BCUT2D eigenvalue weighted by atomic mass is 9.99. The van der Waals surface area contributed by atoms with Gasteiger partial charge in [-0.25, -0.2) is 0 Å². The lowest BCUT2D eigenvalue weighted by molar-refractivity contribution is -0.167. The molecule has 0 spiro atoms. The summed E-state index contributed by atoms with van der Waals surface area (Å²) in [6, 6.07) is 0. The van der Waals surface area contributed by atoms with Crippen LogP contribution in [0.25, 0.3) is 0 Å². The number of rotatable bonds is 46. The maximum absolute atomic E-state index is 12.7. The summed E-state index contributed by atoms with van der Waals surface area (Å²) in [5, 5.41) is 0. The van der Waals surface area contributed by atoms with Gasteiger partial charge in [0, 0.05) is 19.3 Å². The highest BCUT2D eigenvalue weighted by Crippen LogP contribution is 2.18. The molecule has 0 heterocycles. The molecule has 0 N–H and O–H groups in total. The van der Waals surface area contributed by atoms with Crippen molar-refractivity contribution in [3.8, 4) is 0 Å². The number of unbranched alkanes of at least 4 members (excludes halogenated alkanes) is 32. The van der Waals surface area contributed by atoms with Crippen LogP contribution in [0.15, 0.2) is 0 Å². The van der Waals surface area contributed by atoms with Gasteiger partial charge in [-0.05, 0) is 25.2 Å². The molecule has 0 aliphatic heterocycles. The molecule has 0 fully saturated rings. The van der Waals surface area contributed by atoms with E-state index < -0.39 is 6.10 Å². The average Bonchev–Trinajstić information content (AvgIpc) is 3.21. The fourth-order valence-corrected chi connectivity index (χ4v) is 7.66. The smallest absolute Gasteiger partial charge is 0.306 e. The Bertz CT molecular complexity index is 859. The van der Waals surface area contributed by atoms with Gasteiger partial charge in [0.25, 0.3) is 0 Å². The monoisotopic (exact) mass is 807 g/mol. The first-order valence-corrected chi connectivity index (χ1v) is 25.4. The van der Waals surface area contributed by atoms with Gasteiger partial charge in [-0.3, -0.25) is 14.4 Å². The zero-order chi connectivity index (χ0) is 41.7. The highest BCUT2D eigenvalue weighted by Gasteiger charge is 2.19. The third kappa shape index (κ3) is 43.8. The number of carbonyl (C=O) groups is 3. The molecule has 57 heavy (non-hydrogen) atoms. The zero-order valence-electron chi connectivity index (χ0n) is 38.8. The highest BCUT2D eigenvalue weighted by molar-refractivity contribution is 5.71. The third-order valence-electron chi connectivity index (χ3n) is 11.9. The second-order valence-corrected chi connectivity index (χ2v) is 17.7. The van der Waals surface area contributed by atoms with Crippen LogP contribution in [0.1, 0.15) is 285 Å². The molecule has 1 unspecified atom stereocenters. The van der Waals surface area contributed by atoms with Crippen molar-refractivity contribution in [2.45, 2.75) is 291 Å². The van der Waals surface area contributed by atoms with E-state index in [0.717, 1.165) is 63.7 Å². The number of hydrogen-bond acceptors (Lipinski definition) is 6. The summed E-state index contributed by atoms with van der Waals surface area (Å²) < 4.78 is 16.7. The Morgan fingerprint density at radius 1 is 0.351 bits per heavy atom. The molecule has 0 saturated carbocycles. The van der Waals surface area contributed by atoms with Crippen molar-refractivity contribution in [1.29, 1.82) is 0 Å². The molecule has 0 bridgehead atoms. The zero-order valence-corrected chi connectivity index (χ0v) is 38.8. The van der Waals surface area contributed by atoms with Gasteiger partial charge in [0.1, 0.15) is 13.2 Å². The van der Waals surface area contributed by atoms with Crippen LogP contribution in [0.5, 0.6) is 0 Å². The summed E-state index contributed by atoms with van der Waals surface area (Å²) in [4.78, 5) is 37.7. The first-order chi connectivity index (χ1) is 27.9. The second kappa shape index (κ2) is 45.5. The van der Waals surface area contributed by atoms with Crippen molar-refractivity contribution < 1.29 is 28.6 Å². The van der Waals surface area contributed by atoms with Crippen LogP contribution in [-0.4, -0.2) is 37.2 Å². The van der Waals surface area contributed by atoms with E-state index in [9.17, 15) is 14.4 Å². The topological polar surface area (TPSA) is 78.9 Å². The summed E-state index contributed by atoms with van der Waals surface area (Å²) in [6.45, 7) is 9.02. The fraction of sp³-hybridized carbons (Fsp3) is 0.941. The summed E-state index contributed by atoms with van der Waals surface area (Å²) >= 11 is 0.